The highest BCUT2D eigenvalue weighted by molar-refractivity contribution is 5.96. The standard InChI is InChI=1S/C21H19N5O3/c27-21(19-7-2-8-23-20(19)26-15-22-14-25-26)24-11-16-4-1-5-17(10-16)12-28-13-18-6-3-9-29-18/h1-10,14-15H,11-13H2,(H,24,27). The number of aromatic nitrogens is 4. The number of furan rings is 1. The molecule has 0 saturated carbocycles. The third-order valence-corrected chi connectivity index (χ3v) is 4.20. The maximum absolute atomic E-state index is 12.7. The second-order valence-electron chi connectivity index (χ2n) is 6.29. The van der Waals surface area contributed by atoms with Crippen LogP contribution in [0.4, 0.5) is 0 Å². The molecule has 3 aromatic heterocycles. The second kappa shape index (κ2) is 8.94. The van der Waals surface area contributed by atoms with Crippen molar-refractivity contribution < 1.29 is 13.9 Å². The van der Waals surface area contributed by atoms with Gasteiger partial charge in [0.1, 0.15) is 25.0 Å². The Labute approximate surface area is 167 Å². The largest absolute Gasteiger partial charge is 0.467 e. The van der Waals surface area contributed by atoms with E-state index in [0.29, 0.717) is 31.1 Å². The topological polar surface area (TPSA) is 95.1 Å². The Hall–Kier alpha value is -3.78. The minimum absolute atomic E-state index is 0.233. The van der Waals surface area contributed by atoms with Crippen molar-refractivity contribution in [3.63, 3.8) is 0 Å². The van der Waals surface area contributed by atoms with Crippen molar-refractivity contribution in [3.05, 3.63) is 96.1 Å². The molecule has 1 amide bonds. The Kier molecular flexibility index (Phi) is 5.73. The summed E-state index contributed by atoms with van der Waals surface area (Å²) in [4.78, 5) is 20.8. The Morgan fingerprint density at radius 2 is 2.03 bits per heavy atom. The molecule has 0 radical (unpaired) electrons. The summed E-state index contributed by atoms with van der Waals surface area (Å²) in [6.45, 7) is 1.26. The molecule has 8 nitrogen and oxygen atoms in total. The first-order chi connectivity index (χ1) is 14.3. The lowest BCUT2D eigenvalue weighted by Crippen LogP contribution is -2.24. The summed E-state index contributed by atoms with van der Waals surface area (Å²) >= 11 is 0. The number of rotatable bonds is 8. The van der Waals surface area contributed by atoms with Crippen molar-refractivity contribution in [3.8, 4) is 5.82 Å². The number of hydrogen-bond acceptors (Lipinski definition) is 6. The maximum atomic E-state index is 12.7. The molecule has 0 spiro atoms. The number of hydrogen-bond donors (Lipinski definition) is 1. The van der Waals surface area contributed by atoms with Crippen LogP contribution in [-0.2, 0) is 24.5 Å². The molecule has 0 bridgehead atoms. The molecule has 0 saturated heterocycles. The molecule has 0 aliphatic carbocycles. The fourth-order valence-corrected chi connectivity index (χ4v) is 2.85. The van der Waals surface area contributed by atoms with Crippen LogP contribution in [0.15, 0.2) is 78.1 Å². The average molecular weight is 389 g/mol. The van der Waals surface area contributed by atoms with Crippen molar-refractivity contribution in [1.82, 2.24) is 25.1 Å². The van der Waals surface area contributed by atoms with Crippen LogP contribution in [0.5, 0.6) is 0 Å². The number of amides is 1. The zero-order valence-electron chi connectivity index (χ0n) is 15.6. The normalized spacial score (nSPS) is 10.8. The maximum Gasteiger partial charge on any atom is 0.255 e. The van der Waals surface area contributed by atoms with Crippen molar-refractivity contribution in [2.75, 3.05) is 0 Å². The van der Waals surface area contributed by atoms with E-state index in [-0.39, 0.29) is 5.91 Å². The van der Waals surface area contributed by atoms with E-state index in [2.05, 4.69) is 20.4 Å². The summed E-state index contributed by atoms with van der Waals surface area (Å²) < 4.78 is 12.4. The van der Waals surface area contributed by atoms with Crippen LogP contribution >= 0.6 is 0 Å². The summed E-state index contributed by atoms with van der Waals surface area (Å²) in [7, 11) is 0. The molecular weight excluding hydrogens is 370 g/mol. The molecule has 0 fully saturated rings. The van der Waals surface area contributed by atoms with Gasteiger partial charge in [-0.2, -0.15) is 5.10 Å². The van der Waals surface area contributed by atoms with Crippen molar-refractivity contribution in [1.29, 1.82) is 0 Å². The minimum Gasteiger partial charge on any atom is -0.467 e. The Balaban J connectivity index is 1.36. The lowest BCUT2D eigenvalue weighted by Gasteiger charge is -2.10. The first-order valence-electron chi connectivity index (χ1n) is 9.06. The fraction of sp³-hybridized carbons (Fsp3) is 0.143. The number of benzene rings is 1. The van der Waals surface area contributed by atoms with E-state index in [1.54, 1.807) is 24.6 Å². The van der Waals surface area contributed by atoms with Crippen LogP contribution in [0.3, 0.4) is 0 Å². The third-order valence-electron chi connectivity index (χ3n) is 4.20. The van der Waals surface area contributed by atoms with Gasteiger partial charge < -0.3 is 14.5 Å². The fourth-order valence-electron chi connectivity index (χ4n) is 2.85. The summed E-state index contributed by atoms with van der Waals surface area (Å²) in [5.74, 6) is 0.985. The first-order valence-corrected chi connectivity index (χ1v) is 9.06. The monoisotopic (exact) mass is 389 g/mol. The van der Waals surface area contributed by atoms with Gasteiger partial charge in [-0.25, -0.2) is 14.6 Å². The molecule has 0 unspecified atom stereocenters. The SMILES string of the molecule is O=C(NCc1cccc(COCc2ccco2)c1)c1cccnc1-n1cncn1. The van der Waals surface area contributed by atoms with Gasteiger partial charge in [0.2, 0.25) is 0 Å². The number of pyridine rings is 1. The first kappa shape index (κ1) is 18.6. The van der Waals surface area contributed by atoms with Gasteiger partial charge in [-0.3, -0.25) is 4.79 Å². The quantitative estimate of drug-likeness (QED) is 0.498. The van der Waals surface area contributed by atoms with Gasteiger partial charge in [0.05, 0.1) is 18.4 Å². The highest BCUT2D eigenvalue weighted by Gasteiger charge is 2.14. The molecule has 0 atom stereocenters. The van der Waals surface area contributed by atoms with Gasteiger partial charge in [-0.15, -0.1) is 0 Å². The van der Waals surface area contributed by atoms with Crippen molar-refractivity contribution >= 4 is 5.91 Å². The summed E-state index contributed by atoms with van der Waals surface area (Å²) in [5.41, 5.74) is 2.42. The number of carbonyl (C=O) groups is 1. The molecule has 1 aromatic carbocycles. The Morgan fingerprint density at radius 3 is 2.86 bits per heavy atom. The lowest BCUT2D eigenvalue weighted by molar-refractivity contribution is 0.0928. The van der Waals surface area contributed by atoms with E-state index >= 15 is 0 Å². The van der Waals surface area contributed by atoms with Crippen LogP contribution in [0.25, 0.3) is 5.82 Å². The molecular formula is C21H19N5O3. The molecule has 0 aliphatic rings. The highest BCUT2D eigenvalue weighted by Crippen LogP contribution is 2.12. The predicted octanol–water partition coefficient (Wildman–Crippen LogP) is 2.90. The van der Waals surface area contributed by atoms with E-state index in [9.17, 15) is 4.79 Å². The van der Waals surface area contributed by atoms with Gasteiger partial charge in [-0.1, -0.05) is 24.3 Å². The number of nitrogens with one attached hydrogen (secondary N) is 1. The number of carbonyl (C=O) groups excluding carboxylic acids is 1. The lowest BCUT2D eigenvalue weighted by atomic mass is 10.1. The smallest absolute Gasteiger partial charge is 0.255 e. The van der Waals surface area contributed by atoms with E-state index in [1.807, 2.05) is 36.4 Å². The highest BCUT2D eigenvalue weighted by atomic mass is 16.5. The van der Waals surface area contributed by atoms with Crippen molar-refractivity contribution in [2.45, 2.75) is 19.8 Å². The molecule has 29 heavy (non-hydrogen) atoms. The van der Waals surface area contributed by atoms with Gasteiger partial charge in [-0.05, 0) is 35.4 Å². The molecule has 146 valence electrons. The molecule has 4 aromatic rings. The van der Waals surface area contributed by atoms with Gasteiger partial charge >= 0.3 is 0 Å². The zero-order valence-corrected chi connectivity index (χ0v) is 15.6. The molecule has 8 heteroatoms. The third kappa shape index (κ3) is 4.74. The number of ether oxygens (including phenoxy) is 1. The van der Waals surface area contributed by atoms with Crippen LogP contribution < -0.4 is 5.32 Å². The number of nitrogens with zero attached hydrogens (tertiary/aromatic N) is 4. The Bertz CT molecular complexity index is 1060. The molecule has 0 aliphatic heterocycles. The van der Waals surface area contributed by atoms with Gasteiger partial charge in [0.15, 0.2) is 5.82 Å². The van der Waals surface area contributed by atoms with E-state index in [0.717, 1.165) is 16.9 Å². The van der Waals surface area contributed by atoms with Crippen molar-refractivity contribution in [2.24, 2.45) is 0 Å². The van der Waals surface area contributed by atoms with Crippen LogP contribution in [0, 0.1) is 0 Å². The molecule has 3 heterocycles. The van der Waals surface area contributed by atoms with E-state index < -0.39 is 0 Å². The molecule has 4 rings (SSSR count). The van der Waals surface area contributed by atoms with Crippen LogP contribution in [0.2, 0.25) is 0 Å². The summed E-state index contributed by atoms with van der Waals surface area (Å²) in [6, 6.07) is 15.0. The second-order valence-corrected chi connectivity index (χ2v) is 6.29. The summed E-state index contributed by atoms with van der Waals surface area (Å²) in [5, 5.41) is 6.98. The summed E-state index contributed by atoms with van der Waals surface area (Å²) in [6.07, 6.45) is 6.14. The zero-order chi connectivity index (χ0) is 19.9. The Morgan fingerprint density at radius 1 is 1.10 bits per heavy atom. The van der Waals surface area contributed by atoms with E-state index in [1.165, 1.54) is 17.3 Å². The van der Waals surface area contributed by atoms with Crippen LogP contribution in [0.1, 0.15) is 27.2 Å². The van der Waals surface area contributed by atoms with Crippen LogP contribution in [-0.4, -0.2) is 25.7 Å². The van der Waals surface area contributed by atoms with E-state index in [4.69, 9.17) is 9.15 Å². The van der Waals surface area contributed by atoms with Gasteiger partial charge in [0.25, 0.3) is 5.91 Å². The van der Waals surface area contributed by atoms with Gasteiger partial charge in [0, 0.05) is 12.7 Å². The molecule has 1 N–H and O–H groups in total. The predicted molar refractivity (Wildman–Crippen MR) is 104 cm³/mol. The minimum atomic E-state index is -0.233. The average Bonchev–Trinajstić information content (AvgIpc) is 3.47.